The lowest BCUT2D eigenvalue weighted by Crippen LogP contribution is -2.58. The Morgan fingerprint density at radius 1 is 1.25 bits per heavy atom. The molecule has 0 bridgehead atoms. The van der Waals surface area contributed by atoms with Crippen LogP contribution in [0.15, 0.2) is 0 Å². The summed E-state index contributed by atoms with van der Waals surface area (Å²) in [5.74, 6) is 0.533. The fourth-order valence-corrected chi connectivity index (χ4v) is 3.23. The molecule has 0 aromatic heterocycles. The maximum absolute atomic E-state index is 6.25. The quantitative estimate of drug-likeness (QED) is 0.670. The van der Waals surface area contributed by atoms with E-state index in [0.29, 0.717) is 12.0 Å². The van der Waals surface area contributed by atoms with E-state index in [9.17, 15) is 0 Å². The summed E-state index contributed by atoms with van der Waals surface area (Å²) in [5.41, 5.74) is -0.0741. The first-order chi connectivity index (χ1) is 9.70. The lowest BCUT2D eigenvalue weighted by Gasteiger charge is -2.46. The van der Waals surface area contributed by atoms with Crippen molar-refractivity contribution < 1.29 is 14.2 Å². The van der Waals surface area contributed by atoms with Crippen LogP contribution >= 0.6 is 0 Å². The van der Waals surface area contributed by atoms with Crippen molar-refractivity contribution in [1.82, 2.24) is 5.32 Å². The molecule has 1 N–H and O–H groups in total. The Hall–Kier alpha value is -0.160. The number of rotatable bonds is 10. The molecular formula is C16H33NO3. The van der Waals surface area contributed by atoms with Crippen LogP contribution in [-0.4, -0.2) is 51.7 Å². The summed E-state index contributed by atoms with van der Waals surface area (Å²) in [4.78, 5) is 0. The monoisotopic (exact) mass is 287 g/mol. The smallest absolute Gasteiger partial charge is 0.0880 e. The van der Waals surface area contributed by atoms with Crippen molar-refractivity contribution in [3.8, 4) is 0 Å². The van der Waals surface area contributed by atoms with Crippen molar-refractivity contribution in [3.63, 3.8) is 0 Å². The molecule has 1 rings (SSSR count). The van der Waals surface area contributed by atoms with Crippen LogP contribution in [0.3, 0.4) is 0 Å². The highest BCUT2D eigenvalue weighted by Crippen LogP contribution is 2.33. The molecule has 0 spiro atoms. The zero-order valence-electron chi connectivity index (χ0n) is 13.7. The van der Waals surface area contributed by atoms with E-state index in [0.717, 1.165) is 58.7 Å². The molecule has 1 fully saturated rings. The second-order valence-electron chi connectivity index (χ2n) is 5.80. The molecule has 4 nitrogen and oxygen atoms in total. The second kappa shape index (κ2) is 9.72. The summed E-state index contributed by atoms with van der Waals surface area (Å²) in [5, 5.41) is 3.74. The molecule has 2 unspecified atom stereocenters. The van der Waals surface area contributed by atoms with Crippen molar-refractivity contribution in [3.05, 3.63) is 0 Å². The first kappa shape index (κ1) is 17.9. The van der Waals surface area contributed by atoms with Gasteiger partial charge in [-0.3, -0.25) is 0 Å². The minimum absolute atomic E-state index is 0.0741. The lowest BCUT2D eigenvalue weighted by molar-refractivity contribution is -0.136. The maximum Gasteiger partial charge on any atom is 0.0880 e. The van der Waals surface area contributed by atoms with Crippen LogP contribution in [-0.2, 0) is 14.2 Å². The molecule has 0 radical (unpaired) electrons. The number of ether oxygens (including phenoxy) is 3. The van der Waals surface area contributed by atoms with Gasteiger partial charge in [-0.1, -0.05) is 13.8 Å². The average molecular weight is 287 g/mol. The van der Waals surface area contributed by atoms with Gasteiger partial charge in [0.1, 0.15) is 0 Å². The summed E-state index contributed by atoms with van der Waals surface area (Å²) in [7, 11) is 1.77. The molecule has 0 aromatic carbocycles. The first-order valence-electron chi connectivity index (χ1n) is 8.14. The molecular weight excluding hydrogens is 254 g/mol. The summed E-state index contributed by atoms with van der Waals surface area (Å²) >= 11 is 0. The Morgan fingerprint density at radius 2 is 1.95 bits per heavy atom. The Labute approximate surface area is 124 Å². The Kier molecular flexibility index (Phi) is 8.69. The molecule has 120 valence electrons. The van der Waals surface area contributed by atoms with Crippen molar-refractivity contribution in [1.29, 1.82) is 0 Å². The molecule has 4 heteroatoms. The third-order valence-electron chi connectivity index (χ3n) is 4.30. The zero-order chi connectivity index (χ0) is 14.8. The van der Waals surface area contributed by atoms with Crippen LogP contribution in [0, 0.1) is 5.92 Å². The second-order valence-corrected chi connectivity index (χ2v) is 5.80. The van der Waals surface area contributed by atoms with Crippen molar-refractivity contribution >= 4 is 0 Å². The highest BCUT2D eigenvalue weighted by atomic mass is 16.5. The van der Waals surface area contributed by atoms with Gasteiger partial charge in [-0.25, -0.2) is 0 Å². The van der Waals surface area contributed by atoms with E-state index >= 15 is 0 Å². The predicted molar refractivity (Wildman–Crippen MR) is 82.1 cm³/mol. The van der Waals surface area contributed by atoms with E-state index in [1.807, 2.05) is 0 Å². The fourth-order valence-electron chi connectivity index (χ4n) is 3.23. The van der Waals surface area contributed by atoms with Crippen molar-refractivity contribution in [2.45, 2.75) is 58.1 Å². The van der Waals surface area contributed by atoms with Crippen molar-refractivity contribution in [2.24, 2.45) is 5.92 Å². The highest BCUT2D eigenvalue weighted by molar-refractivity contribution is 4.97. The van der Waals surface area contributed by atoms with E-state index in [-0.39, 0.29) is 5.60 Å². The number of nitrogens with one attached hydrogen (secondary N) is 1. The van der Waals surface area contributed by atoms with Gasteiger partial charge in [-0.15, -0.1) is 0 Å². The van der Waals surface area contributed by atoms with E-state index in [4.69, 9.17) is 14.2 Å². The lowest BCUT2D eigenvalue weighted by atomic mass is 9.78. The van der Waals surface area contributed by atoms with E-state index in [1.54, 1.807) is 7.11 Å². The molecule has 1 aliphatic rings. The molecule has 0 saturated carbocycles. The molecule has 0 aromatic rings. The van der Waals surface area contributed by atoms with E-state index in [1.165, 1.54) is 0 Å². The van der Waals surface area contributed by atoms with Crippen LogP contribution in [0.2, 0.25) is 0 Å². The minimum atomic E-state index is -0.0741. The number of hydrogen-bond donors (Lipinski definition) is 1. The Morgan fingerprint density at radius 3 is 2.50 bits per heavy atom. The molecule has 1 aliphatic heterocycles. The summed E-state index contributed by atoms with van der Waals surface area (Å²) in [6, 6.07) is 0.376. The van der Waals surface area contributed by atoms with Crippen LogP contribution < -0.4 is 5.32 Å². The highest BCUT2D eigenvalue weighted by Gasteiger charge is 2.43. The van der Waals surface area contributed by atoms with Gasteiger partial charge in [0.15, 0.2) is 0 Å². The normalized spacial score (nSPS) is 21.6. The van der Waals surface area contributed by atoms with Crippen LogP contribution in [0.4, 0.5) is 0 Å². The molecule has 1 heterocycles. The molecule has 20 heavy (non-hydrogen) atoms. The predicted octanol–water partition coefficient (Wildman–Crippen LogP) is 2.61. The summed E-state index contributed by atoms with van der Waals surface area (Å²) in [6.45, 7) is 10.8. The number of hydrogen-bond acceptors (Lipinski definition) is 4. The van der Waals surface area contributed by atoms with Gasteiger partial charge in [0.2, 0.25) is 0 Å². The molecule has 2 atom stereocenters. The minimum Gasteiger partial charge on any atom is -0.385 e. The van der Waals surface area contributed by atoms with Crippen molar-refractivity contribution in [2.75, 3.05) is 40.1 Å². The fraction of sp³-hybridized carbons (Fsp3) is 1.00. The van der Waals surface area contributed by atoms with E-state index in [2.05, 4.69) is 26.1 Å². The third kappa shape index (κ3) is 4.99. The van der Waals surface area contributed by atoms with Crippen LogP contribution in [0.5, 0.6) is 0 Å². The zero-order valence-corrected chi connectivity index (χ0v) is 13.7. The molecule has 0 amide bonds. The van der Waals surface area contributed by atoms with Gasteiger partial charge in [0.25, 0.3) is 0 Å². The van der Waals surface area contributed by atoms with Crippen LogP contribution in [0.25, 0.3) is 0 Å². The van der Waals surface area contributed by atoms with Gasteiger partial charge < -0.3 is 19.5 Å². The van der Waals surface area contributed by atoms with E-state index < -0.39 is 0 Å². The first-order valence-corrected chi connectivity index (χ1v) is 8.14. The standard InChI is InChI=1S/C16H33NO3/c1-5-10-17-15(14(3)7-11-18-4)16(20-6-2)8-12-19-13-9-16/h14-15,17H,5-13H2,1-4H3. The van der Waals surface area contributed by atoms with Gasteiger partial charge in [0, 0.05) is 52.4 Å². The van der Waals surface area contributed by atoms with Gasteiger partial charge in [0.05, 0.1) is 5.60 Å². The van der Waals surface area contributed by atoms with Gasteiger partial charge >= 0.3 is 0 Å². The van der Waals surface area contributed by atoms with Gasteiger partial charge in [-0.05, 0) is 32.2 Å². The SMILES string of the molecule is CCCNC(C(C)CCOC)C1(OCC)CCOCC1. The third-order valence-corrected chi connectivity index (χ3v) is 4.30. The topological polar surface area (TPSA) is 39.7 Å². The molecule has 1 saturated heterocycles. The average Bonchev–Trinajstić information content (AvgIpc) is 2.46. The number of methoxy groups -OCH3 is 1. The summed E-state index contributed by atoms with van der Waals surface area (Å²) < 4.78 is 17.1. The summed E-state index contributed by atoms with van der Waals surface area (Å²) in [6.07, 6.45) is 4.18. The Balaban J connectivity index is 2.79. The van der Waals surface area contributed by atoms with Crippen LogP contribution in [0.1, 0.15) is 46.5 Å². The molecule has 0 aliphatic carbocycles. The maximum atomic E-state index is 6.25. The Bertz CT molecular complexity index is 236. The largest absolute Gasteiger partial charge is 0.385 e. The van der Waals surface area contributed by atoms with Gasteiger partial charge in [-0.2, -0.15) is 0 Å².